The highest BCUT2D eigenvalue weighted by Crippen LogP contribution is 2.23. The number of amides is 1. The van der Waals surface area contributed by atoms with Crippen LogP contribution < -0.4 is 5.32 Å². The Morgan fingerprint density at radius 2 is 2.08 bits per heavy atom. The van der Waals surface area contributed by atoms with Gasteiger partial charge in [-0.25, -0.2) is 4.79 Å². The van der Waals surface area contributed by atoms with Crippen molar-refractivity contribution in [1.82, 2.24) is 5.32 Å². The summed E-state index contributed by atoms with van der Waals surface area (Å²) in [6.45, 7) is 3.47. The van der Waals surface area contributed by atoms with Gasteiger partial charge in [0.2, 0.25) is 0 Å². The first kappa shape index (κ1) is 17.9. The Balaban J connectivity index is 1.48. The molecule has 0 radical (unpaired) electrons. The fourth-order valence-corrected chi connectivity index (χ4v) is 3.23. The van der Waals surface area contributed by atoms with E-state index in [1.807, 2.05) is 56.3 Å². The summed E-state index contributed by atoms with van der Waals surface area (Å²) < 4.78 is 10.7. The molecule has 1 aromatic carbocycles. The van der Waals surface area contributed by atoms with E-state index >= 15 is 0 Å². The normalized spacial score (nSPS) is 12.4. The maximum Gasteiger partial charge on any atom is 0.331 e. The van der Waals surface area contributed by atoms with Crippen molar-refractivity contribution in [3.8, 4) is 0 Å². The molecule has 1 atom stereocenters. The number of benzene rings is 1. The summed E-state index contributed by atoms with van der Waals surface area (Å²) in [5, 5.41) is 3.73. The van der Waals surface area contributed by atoms with E-state index in [2.05, 4.69) is 5.32 Å². The molecule has 0 saturated heterocycles. The molecule has 0 aliphatic carbocycles. The molecule has 0 aliphatic rings. The van der Waals surface area contributed by atoms with Crippen LogP contribution in [0.4, 0.5) is 0 Å². The molecule has 2 aromatic heterocycles. The molecule has 0 bridgehead atoms. The number of carbonyl (C=O) groups is 2. The fraction of sp³-hybridized carbons (Fsp3) is 0.200. The monoisotopic (exact) mass is 369 g/mol. The minimum Gasteiger partial charge on any atom is -0.459 e. The minimum atomic E-state index is -0.553. The molecule has 5 nitrogen and oxygen atoms in total. The number of fused-ring (bicyclic) bond motifs is 1. The van der Waals surface area contributed by atoms with Crippen LogP contribution >= 0.6 is 11.3 Å². The lowest BCUT2D eigenvalue weighted by Crippen LogP contribution is -2.30. The van der Waals surface area contributed by atoms with Crippen molar-refractivity contribution in [2.45, 2.75) is 19.9 Å². The van der Waals surface area contributed by atoms with Crippen molar-refractivity contribution in [3.63, 3.8) is 0 Å². The average molecular weight is 369 g/mol. The number of ether oxygens (including phenoxy) is 1. The lowest BCUT2D eigenvalue weighted by atomic mass is 10.2. The van der Waals surface area contributed by atoms with Gasteiger partial charge in [0.25, 0.3) is 5.91 Å². The standard InChI is InChI=1S/C20H19NO4S/c1-13-7-8-16(26-13)9-10-20(23)24-12-19(22)21-14(2)18-11-15-5-3-4-6-17(15)25-18/h3-11,14H,12H2,1-2H3,(H,21,22)/b10-9+/t14-/m0/s1. The van der Waals surface area contributed by atoms with E-state index in [9.17, 15) is 9.59 Å². The van der Waals surface area contributed by atoms with Crippen LogP contribution in [0.1, 0.15) is 28.5 Å². The maximum absolute atomic E-state index is 12.0. The summed E-state index contributed by atoms with van der Waals surface area (Å²) in [5.41, 5.74) is 0.768. The summed E-state index contributed by atoms with van der Waals surface area (Å²) in [7, 11) is 0. The molecule has 0 unspecified atom stereocenters. The van der Waals surface area contributed by atoms with Crippen LogP contribution in [-0.2, 0) is 14.3 Å². The number of hydrogen-bond acceptors (Lipinski definition) is 5. The number of hydrogen-bond donors (Lipinski definition) is 1. The van der Waals surface area contributed by atoms with E-state index < -0.39 is 5.97 Å². The highest BCUT2D eigenvalue weighted by molar-refractivity contribution is 7.12. The average Bonchev–Trinajstić information content (AvgIpc) is 3.24. The Hall–Kier alpha value is -2.86. The van der Waals surface area contributed by atoms with Crippen LogP contribution in [0.2, 0.25) is 0 Å². The molecule has 134 valence electrons. The third-order valence-electron chi connectivity index (χ3n) is 3.74. The van der Waals surface area contributed by atoms with Crippen molar-refractivity contribution in [2.75, 3.05) is 6.61 Å². The zero-order chi connectivity index (χ0) is 18.5. The SMILES string of the molecule is Cc1ccc(/C=C/C(=O)OCC(=O)N[C@@H](C)c2cc3ccccc3o2)s1. The van der Waals surface area contributed by atoms with Gasteiger partial charge in [0.15, 0.2) is 6.61 Å². The molecule has 1 amide bonds. The van der Waals surface area contributed by atoms with Crippen molar-refractivity contribution < 1.29 is 18.7 Å². The van der Waals surface area contributed by atoms with Crippen molar-refractivity contribution in [3.05, 3.63) is 64.1 Å². The lowest BCUT2D eigenvalue weighted by Gasteiger charge is -2.11. The number of rotatable bonds is 6. The van der Waals surface area contributed by atoms with Gasteiger partial charge in [0, 0.05) is 21.2 Å². The molecule has 3 rings (SSSR count). The van der Waals surface area contributed by atoms with E-state index in [1.54, 1.807) is 17.4 Å². The lowest BCUT2D eigenvalue weighted by molar-refractivity contribution is -0.144. The van der Waals surface area contributed by atoms with Crippen LogP contribution in [-0.4, -0.2) is 18.5 Å². The van der Waals surface area contributed by atoms with Crippen molar-refractivity contribution in [2.24, 2.45) is 0 Å². The Kier molecular flexibility index (Phi) is 5.53. The number of aryl methyl sites for hydroxylation is 1. The Labute approximate surface area is 155 Å². The molecule has 0 spiro atoms. The summed E-state index contributed by atoms with van der Waals surface area (Å²) in [6.07, 6.45) is 3.00. The molecule has 0 fully saturated rings. The van der Waals surface area contributed by atoms with Gasteiger partial charge in [0.1, 0.15) is 11.3 Å². The summed E-state index contributed by atoms with van der Waals surface area (Å²) in [4.78, 5) is 25.8. The van der Waals surface area contributed by atoms with Gasteiger partial charge < -0.3 is 14.5 Å². The second-order valence-corrected chi connectivity index (χ2v) is 7.18. The Morgan fingerprint density at radius 3 is 2.81 bits per heavy atom. The van der Waals surface area contributed by atoms with Crippen LogP contribution in [0, 0.1) is 6.92 Å². The number of furan rings is 1. The predicted molar refractivity (Wildman–Crippen MR) is 102 cm³/mol. The highest BCUT2D eigenvalue weighted by Gasteiger charge is 2.15. The van der Waals surface area contributed by atoms with Gasteiger partial charge in [-0.2, -0.15) is 0 Å². The van der Waals surface area contributed by atoms with E-state index in [0.717, 1.165) is 20.7 Å². The number of esters is 1. The zero-order valence-electron chi connectivity index (χ0n) is 14.5. The molecule has 3 aromatic rings. The van der Waals surface area contributed by atoms with E-state index in [-0.39, 0.29) is 18.6 Å². The second-order valence-electron chi connectivity index (χ2n) is 5.87. The predicted octanol–water partition coefficient (Wildman–Crippen LogP) is 4.24. The zero-order valence-corrected chi connectivity index (χ0v) is 15.3. The van der Waals surface area contributed by atoms with Gasteiger partial charge in [0.05, 0.1) is 6.04 Å². The Bertz CT molecular complexity index is 921. The van der Waals surface area contributed by atoms with Crippen LogP contribution in [0.5, 0.6) is 0 Å². The molecule has 1 N–H and O–H groups in total. The van der Waals surface area contributed by atoms with E-state index in [1.165, 1.54) is 6.08 Å². The number of nitrogens with one attached hydrogen (secondary N) is 1. The minimum absolute atomic E-state index is 0.321. The van der Waals surface area contributed by atoms with Crippen LogP contribution in [0.15, 0.2) is 53.0 Å². The first-order valence-electron chi connectivity index (χ1n) is 8.20. The largest absolute Gasteiger partial charge is 0.459 e. The van der Waals surface area contributed by atoms with Crippen LogP contribution in [0.25, 0.3) is 17.0 Å². The third kappa shape index (κ3) is 4.61. The molecule has 0 saturated carbocycles. The van der Waals surface area contributed by atoms with Crippen molar-refractivity contribution in [1.29, 1.82) is 0 Å². The van der Waals surface area contributed by atoms with E-state index in [0.29, 0.717) is 5.76 Å². The van der Waals surface area contributed by atoms with Gasteiger partial charge >= 0.3 is 5.97 Å². The molecule has 26 heavy (non-hydrogen) atoms. The van der Waals surface area contributed by atoms with Crippen molar-refractivity contribution >= 4 is 40.3 Å². The highest BCUT2D eigenvalue weighted by atomic mass is 32.1. The quantitative estimate of drug-likeness (QED) is 0.521. The first-order valence-corrected chi connectivity index (χ1v) is 9.02. The van der Waals surface area contributed by atoms with Gasteiger partial charge in [-0.3, -0.25) is 4.79 Å². The molecule has 6 heteroatoms. The number of thiophene rings is 1. The number of carbonyl (C=O) groups excluding carboxylic acids is 2. The fourth-order valence-electron chi connectivity index (χ4n) is 2.45. The smallest absolute Gasteiger partial charge is 0.331 e. The summed E-state index contributed by atoms with van der Waals surface area (Å²) in [5.74, 6) is -0.284. The maximum atomic E-state index is 12.0. The first-order chi connectivity index (χ1) is 12.5. The Morgan fingerprint density at radius 1 is 1.27 bits per heavy atom. The third-order valence-corrected chi connectivity index (χ3v) is 4.71. The summed E-state index contributed by atoms with van der Waals surface area (Å²) >= 11 is 1.58. The van der Waals surface area contributed by atoms with Gasteiger partial charge in [-0.15, -0.1) is 11.3 Å². The molecule has 2 heterocycles. The molecule has 0 aliphatic heterocycles. The topological polar surface area (TPSA) is 68.5 Å². The second kappa shape index (κ2) is 8.01. The van der Waals surface area contributed by atoms with E-state index in [4.69, 9.17) is 9.15 Å². The number of para-hydroxylation sites is 1. The van der Waals surface area contributed by atoms with Gasteiger partial charge in [-0.05, 0) is 44.2 Å². The van der Waals surface area contributed by atoms with Gasteiger partial charge in [-0.1, -0.05) is 18.2 Å². The molecular formula is C20H19NO4S. The van der Waals surface area contributed by atoms with Crippen LogP contribution in [0.3, 0.4) is 0 Å². The summed E-state index contributed by atoms with van der Waals surface area (Å²) in [6, 6.07) is 13.1. The molecular weight excluding hydrogens is 350 g/mol.